The minimum atomic E-state index is 0.132. The Hall–Kier alpha value is -2.47. The van der Waals surface area contributed by atoms with E-state index in [1.807, 2.05) is 54.3 Å². The van der Waals surface area contributed by atoms with E-state index in [4.69, 9.17) is 4.52 Å². The van der Waals surface area contributed by atoms with Crippen LogP contribution in [-0.2, 0) is 0 Å². The summed E-state index contributed by atoms with van der Waals surface area (Å²) in [4.78, 5) is 21.0. The normalized spacial score (nSPS) is 15.5. The van der Waals surface area contributed by atoms with Gasteiger partial charge in [0.1, 0.15) is 0 Å². The molecule has 0 spiro atoms. The first-order valence-electron chi connectivity index (χ1n) is 8.45. The number of rotatable bonds is 3. The van der Waals surface area contributed by atoms with Crippen LogP contribution in [0.5, 0.6) is 0 Å². The van der Waals surface area contributed by atoms with E-state index in [2.05, 4.69) is 10.1 Å². The van der Waals surface area contributed by atoms with Gasteiger partial charge in [0.2, 0.25) is 11.7 Å². The van der Waals surface area contributed by atoms with Crippen LogP contribution in [0.4, 0.5) is 0 Å². The third-order valence-corrected chi connectivity index (χ3v) is 5.54. The minimum absolute atomic E-state index is 0.132. The van der Waals surface area contributed by atoms with Gasteiger partial charge in [0.15, 0.2) is 0 Å². The van der Waals surface area contributed by atoms with Gasteiger partial charge in [-0.25, -0.2) is 0 Å². The Morgan fingerprint density at radius 2 is 1.92 bits per heavy atom. The predicted octanol–water partition coefficient (Wildman–Crippen LogP) is 4.13. The van der Waals surface area contributed by atoms with Gasteiger partial charge in [0.25, 0.3) is 5.91 Å². The van der Waals surface area contributed by atoms with Crippen molar-refractivity contribution in [2.24, 2.45) is 0 Å². The van der Waals surface area contributed by atoms with Crippen molar-refractivity contribution in [3.05, 3.63) is 58.1 Å². The first-order valence-corrected chi connectivity index (χ1v) is 9.27. The number of thiophene rings is 1. The van der Waals surface area contributed by atoms with Crippen LogP contribution in [0.3, 0.4) is 0 Å². The van der Waals surface area contributed by atoms with Crippen LogP contribution in [0.1, 0.15) is 39.2 Å². The zero-order valence-electron chi connectivity index (χ0n) is 14.0. The van der Waals surface area contributed by atoms with Crippen molar-refractivity contribution in [3.63, 3.8) is 0 Å². The molecule has 2 aromatic heterocycles. The lowest BCUT2D eigenvalue weighted by Crippen LogP contribution is -2.37. The number of hydrogen-bond acceptors (Lipinski definition) is 5. The van der Waals surface area contributed by atoms with Gasteiger partial charge >= 0.3 is 0 Å². The highest BCUT2D eigenvalue weighted by atomic mass is 32.1. The Morgan fingerprint density at radius 3 is 2.60 bits per heavy atom. The molecule has 0 radical (unpaired) electrons. The molecule has 0 atom stereocenters. The fraction of sp³-hybridized carbons (Fsp3) is 0.316. The summed E-state index contributed by atoms with van der Waals surface area (Å²) in [6.45, 7) is 3.47. The van der Waals surface area contributed by atoms with Crippen molar-refractivity contribution >= 4 is 17.2 Å². The summed E-state index contributed by atoms with van der Waals surface area (Å²) in [5, 5.41) is 4.10. The maximum absolute atomic E-state index is 12.5. The van der Waals surface area contributed by atoms with Gasteiger partial charge in [-0.3, -0.25) is 4.79 Å². The first-order chi connectivity index (χ1) is 12.2. The molecule has 0 N–H and O–H groups in total. The average Bonchev–Trinajstić information content (AvgIpc) is 3.31. The van der Waals surface area contributed by atoms with E-state index in [-0.39, 0.29) is 11.8 Å². The van der Waals surface area contributed by atoms with Gasteiger partial charge < -0.3 is 9.42 Å². The molecule has 1 fully saturated rings. The summed E-state index contributed by atoms with van der Waals surface area (Å²) in [6.07, 6.45) is 1.71. The third-order valence-electron chi connectivity index (χ3n) is 4.56. The fourth-order valence-corrected chi connectivity index (χ4v) is 3.98. The van der Waals surface area contributed by atoms with E-state index in [0.717, 1.165) is 41.2 Å². The van der Waals surface area contributed by atoms with Crippen LogP contribution in [0.2, 0.25) is 0 Å². The molecule has 1 aromatic carbocycles. The molecule has 5 nitrogen and oxygen atoms in total. The molecule has 3 heterocycles. The highest BCUT2D eigenvalue weighted by molar-refractivity contribution is 7.13. The molecule has 1 aliphatic rings. The van der Waals surface area contributed by atoms with Crippen LogP contribution < -0.4 is 0 Å². The number of benzene rings is 1. The Kier molecular flexibility index (Phi) is 4.36. The lowest BCUT2D eigenvalue weighted by atomic mass is 9.96. The van der Waals surface area contributed by atoms with Gasteiger partial charge in [-0.05, 0) is 31.9 Å². The molecule has 25 heavy (non-hydrogen) atoms. The van der Waals surface area contributed by atoms with Crippen molar-refractivity contribution in [1.29, 1.82) is 0 Å². The number of carbonyl (C=O) groups excluding carboxylic acids is 1. The van der Waals surface area contributed by atoms with Crippen molar-refractivity contribution in [2.45, 2.75) is 25.7 Å². The summed E-state index contributed by atoms with van der Waals surface area (Å²) < 4.78 is 5.48. The topological polar surface area (TPSA) is 59.2 Å². The zero-order valence-corrected chi connectivity index (χ0v) is 14.8. The van der Waals surface area contributed by atoms with Gasteiger partial charge in [-0.2, -0.15) is 4.98 Å². The minimum Gasteiger partial charge on any atom is -0.339 e. The molecule has 0 bridgehead atoms. The van der Waals surface area contributed by atoms with Crippen LogP contribution in [0.25, 0.3) is 11.4 Å². The van der Waals surface area contributed by atoms with E-state index >= 15 is 0 Å². The molecule has 0 saturated carbocycles. The molecule has 0 aliphatic carbocycles. The molecule has 4 rings (SSSR count). The number of amides is 1. The average molecular weight is 353 g/mol. The number of piperidine rings is 1. The summed E-state index contributed by atoms with van der Waals surface area (Å²) in [6, 6.07) is 13.7. The van der Waals surface area contributed by atoms with E-state index in [1.54, 1.807) is 11.3 Å². The highest BCUT2D eigenvalue weighted by Crippen LogP contribution is 2.29. The summed E-state index contributed by atoms with van der Waals surface area (Å²) >= 11 is 1.56. The van der Waals surface area contributed by atoms with Crippen molar-refractivity contribution in [2.75, 3.05) is 13.1 Å². The number of aryl methyl sites for hydroxylation is 1. The van der Waals surface area contributed by atoms with Gasteiger partial charge in [0.05, 0.1) is 4.88 Å². The Morgan fingerprint density at radius 1 is 1.16 bits per heavy atom. The first kappa shape index (κ1) is 16.0. The van der Waals surface area contributed by atoms with Gasteiger partial charge in [-0.15, -0.1) is 11.3 Å². The number of likely N-dealkylation sites (tertiary alicyclic amines) is 1. The largest absolute Gasteiger partial charge is 0.339 e. The number of hydrogen-bond donors (Lipinski definition) is 0. The van der Waals surface area contributed by atoms with Crippen molar-refractivity contribution < 1.29 is 9.32 Å². The van der Waals surface area contributed by atoms with Crippen molar-refractivity contribution in [1.82, 2.24) is 15.0 Å². The van der Waals surface area contributed by atoms with Gasteiger partial charge in [-0.1, -0.05) is 35.5 Å². The maximum atomic E-state index is 12.5. The molecule has 1 saturated heterocycles. The molecule has 1 aliphatic heterocycles. The Balaban J connectivity index is 1.41. The second-order valence-corrected chi connectivity index (χ2v) is 7.59. The van der Waals surface area contributed by atoms with Crippen LogP contribution in [-0.4, -0.2) is 34.0 Å². The second-order valence-electron chi connectivity index (χ2n) is 6.30. The molecule has 6 heteroatoms. The molecular weight excluding hydrogens is 334 g/mol. The standard InChI is InChI=1S/C19H19N3O2S/c1-13-7-8-16(25-13)19(23)22-11-9-15(10-12-22)18-20-17(21-24-18)14-5-3-2-4-6-14/h2-8,15H,9-12H2,1H3. The maximum Gasteiger partial charge on any atom is 0.263 e. The lowest BCUT2D eigenvalue weighted by molar-refractivity contribution is 0.0709. The Bertz CT molecular complexity index is 864. The SMILES string of the molecule is Cc1ccc(C(=O)N2CCC(c3nc(-c4ccccc4)no3)CC2)s1. The van der Waals surface area contributed by atoms with E-state index in [0.29, 0.717) is 11.7 Å². The number of aromatic nitrogens is 2. The summed E-state index contributed by atoms with van der Waals surface area (Å²) in [7, 11) is 0. The summed E-state index contributed by atoms with van der Waals surface area (Å²) in [5.74, 6) is 1.66. The molecule has 3 aromatic rings. The second kappa shape index (κ2) is 6.80. The third kappa shape index (κ3) is 3.35. The van der Waals surface area contributed by atoms with E-state index in [1.165, 1.54) is 0 Å². The van der Waals surface area contributed by atoms with Gasteiger partial charge in [0, 0.05) is 29.4 Å². The highest BCUT2D eigenvalue weighted by Gasteiger charge is 2.28. The predicted molar refractivity (Wildman–Crippen MR) is 96.7 cm³/mol. The Labute approximate surface area is 150 Å². The molecular formula is C19H19N3O2S. The molecule has 0 unspecified atom stereocenters. The fourth-order valence-electron chi connectivity index (χ4n) is 3.14. The van der Waals surface area contributed by atoms with Crippen LogP contribution >= 0.6 is 11.3 Å². The van der Waals surface area contributed by atoms with Crippen LogP contribution in [0, 0.1) is 6.92 Å². The lowest BCUT2D eigenvalue weighted by Gasteiger charge is -2.30. The monoisotopic (exact) mass is 353 g/mol. The molecule has 128 valence electrons. The smallest absolute Gasteiger partial charge is 0.263 e. The zero-order chi connectivity index (χ0) is 17.2. The van der Waals surface area contributed by atoms with E-state index < -0.39 is 0 Å². The van der Waals surface area contributed by atoms with E-state index in [9.17, 15) is 4.79 Å². The number of nitrogens with zero attached hydrogens (tertiary/aromatic N) is 3. The van der Waals surface area contributed by atoms with Crippen molar-refractivity contribution in [3.8, 4) is 11.4 Å². The molecule has 1 amide bonds. The van der Waals surface area contributed by atoms with Crippen LogP contribution in [0.15, 0.2) is 47.0 Å². The summed E-state index contributed by atoms with van der Waals surface area (Å²) in [5.41, 5.74) is 0.957. The quantitative estimate of drug-likeness (QED) is 0.710. The number of carbonyl (C=O) groups is 1.